The first-order valence-corrected chi connectivity index (χ1v) is 19.2. The van der Waals surface area contributed by atoms with E-state index >= 15 is 0 Å². The van der Waals surface area contributed by atoms with Gasteiger partial charge in [-0.25, -0.2) is 0 Å². The van der Waals surface area contributed by atoms with Crippen LogP contribution in [0.3, 0.4) is 0 Å². The third-order valence-electron chi connectivity index (χ3n) is 9.53. The van der Waals surface area contributed by atoms with Crippen molar-refractivity contribution in [1.82, 2.24) is 0 Å². The zero-order valence-corrected chi connectivity index (χ0v) is 28.9. The molecular formula is C38H78N2O2. The second-order valence-corrected chi connectivity index (χ2v) is 13.8. The maximum absolute atomic E-state index is 11.9. The minimum absolute atomic E-state index is 0.182. The number of nitrogens with two attached hydrogens (primary N) is 2. The minimum Gasteiger partial charge on any atom is -0.480 e. The van der Waals surface area contributed by atoms with Crippen LogP contribution in [0.5, 0.6) is 0 Å². The molecule has 1 unspecified atom stereocenters. The van der Waals surface area contributed by atoms with E-state index in [0.717, 1.165) is 32.1 Å². The number of unbranched alkanes of at least 4 members (excludes halogenated alkanes) is 26. The maximum Gasteiger partial charge on any atom is 0.323 e. The fourth-order valence-electron chi connectivity index (χ4n) is 6.40. The van der Waals surface area contributed by atoms with Gasteiger partial charge < -0.3 is 16.6 Å². The van der Waals surface area contributed by atoms with Gasteiger partial charge in [0.15, 0.2) is 0 Å². The quantitative estimate of drug-likeness (QED) is 0.0636. The summed E-state index contributed by atoms with van der Waals surface area (Å²) in [4.78, 5) is 11.9. The second kappa shape index (κ2) is 31.8. The lowest BCUT2D eigenvalue weighted by atomic mass is 9.86. The molecule has 0 saturated heterocycles. The van der Waals surface area contributed by atoms with E-state index in [9.17, 15) is 9.90 Å². The lowest BCUT2D eigenvalue weighted by molar-refractivity contribution is -0.144. The molecule has 0 spiro atoms. The molecule has 4 nitrogen and oxygen atoms in total. The third kappa shape index (κ3) is 28.2. The summed E-state index contributed by atoms with van der Waals surface area (Å²) in [5.74, 6) is -0.835. The second-order valence-electron chi connectivity index (χ2n) is 13.8. The van der Waals surface area contributed by atoms with E-state index in [2.05, 4.69) is 13.8 Å². The van der Waals surface area contributed by atoms with Crippen LogP contribution in [0.15, 0.2) is 0 Å². The van der Waals surface area contributed by atoms with Gasteiger partial charge in [0.05, 0.1) is 0 Å². The van der Waals surface area contributed by atoms with E-state index < -0.39 is 11.5 Å². The van der Waals surface area contributed by atoms with Gasteiger partial charge in [0.2, 0.25) is 0 Å². The van der Waals surface area contributed by atoms with Gasteiger partial charge in [-0.05, 0) is 32.1 Å². The molecule has 0 radical (unpaired) electrons. The van der Waals surface area contributed by atoms with Crippen LogP contribution >= 0.6 is 0 Å². The first-order chi connectivity index (χ1) is 20.5. The molecule has 0 fully saturated rings. The Morgan fingerprint density at radius 1 is 0.476 bits per heavy atom. The summed E-state index contributed by atoms with van der Waals surface area (Å²) >= 11 is 0. The molecule has 0 aromatic carbocycles. The first-order valence-electron chi connectivity index (χ1n) is 19.2. The number of carboxylic acid groups (broad SMARTS) is 1. The van der Waals surface area contributed by atoms with Crippen LogP contribution in [0, 0.1) is 0 Å². The average Bonchev–Trinajstić information content (AvgIpc) is 2.97. The maximum atomic E-state index is 11.9. The van der Waals surface area contributed by atoms with E-state index in [1.807, 2.05) is 0 Å². The highest BCUT2D eigenvalue weighted by atomic mass is 16.4. The molecule has 0 aromatic heterocycles. The van der Waals surface area contributed by atoms with Crippen molar-refractivity contribution in [2.24, 2.45) is 11.5 Å². The summed E-state index contributed by atoms with van der Waals surface area (Å²) in [7, 11) is 0. The highest BCUT2D eigenvalue weighted by Gasteiger charge is 2.32. The van der Waals surface area contributed by atoms with Gasteiger partial charge in [0.25, 0.3) is 0 Å². The standard InChI is InChI=1S/C38H78N2O2/c1-3-5-7-9-11-13-15-17-19-21-23-25-27-29-32-36(39)33-31-35-38(40,37(41)42)34-30-28-26-24-22-20-18-16-14-12-10-8-6-4-2/h36H,3-35,39-40H2,1-2H3,(H,41,42)/t36?,38-/m0/s1. The van der Waals surface area contributed by atoms with Gasteiger partial charge in [-0.2, -0.15) is 0 Å². The van der Waals surface area contributed by atoms with Crippen molar-refractivity contribution in [2.45, 2.75) is 237 Å². The van der Waals surface area contributed by atoms with Gasteiger partial charge in [0.1, 0.15) is 5.54 Å². The average molecular weight is 595 g/mol. The summed E-state index contributed by atoms with van der Waals surface area (Å²) in [6.45, 7) is 4.56. The highest BCUT2D eigenvalue weighted by molar-refractivity contribution is 5.78. The molecule has 5 N–H and O–H groups in total. The normalized spacial score (nSPS) is 13.8. The van der Waals surface area contributed by atoms with Crippen LogP contribution in [-0.4, -0.2) is 22.7 Å². The van der Waals surface area contributed by atoms with Crippen molar-refractivity contribution < 1.29 is 9.90 Å². The smallest absolute Gasteiger partial charge is 0.323 e. The third-order valence-corrected chi connectivity index (χ3v) is 9.53. The summed E-state index contributed by atoms with van der Waals surface area (Å²) in [5.41, 5.74) is 11.7. The number of hydrogen-bond acceptors (Lipinski definition) is 3. The van der Waals surface area contributed by atoms with Gasteiger partial charge in [-0.3, -0.25) is 4.79 Å². The van der Waals surface area contributed by atoms with Crippen LogP contribution < -0.4 is 11.5 Å². The van der Waals surface area contributed by atoms with E-state index in [1.54, 1.807) is 0 Å². The Balaban J connectivity index is 3.63. The van der Waals surface area contributed by atoms with Crippen molar-refractivity contribution in [2.75, 3.05) is 0 Å². The molecule has 0 amide bonds. The fraction of sp³-hybridized carbons (Fsp3) is 0.974. The Morgan fingerprint density at radius 2 is 0.738 bits per heavy atom. The lowest BCUT2D eigenvalue weighted by Crippen LogP contribution is -2.48. The monoisotopic (exact) mass is 595 g/mol. The van der Waals surface area contributed by atoms with Gasteiger partial charge in [0, 0.05) is 6.04 Å². The highest BCUT2D eigenvalue weighted by Crippen LogP contribution is 2.22. The Bertz CT molecular complexity index is 555. The molecule has 42 heavy (non-hydrogen) atoms. The molecule has 0 aliphatic rings. The van der Waals surface area contributed by atoms with Crippen LogP contribution in [-0.2, 0) is 4.79 Å². The van der Waals surface area contributed by atoms with Gasteiger partial charge in [-0.1, -0.05) is 194 Å². The van der Waals surface area contributed by atoms with Gasteiger partial charge in [-0.15, -0.1) is 0 Å². The molecule has 0 aliphatic carbocycles. The van der Waals surface area contributed by atoms with Crippen LogP contribution in [0.1, 0.15) is 226 Å². The summed E-state index contributed by atoms with van der Waals surface area (Å²) in [5, 5.41) is 9.79. The summed E-state index contributed by atoms with van der Waals surface area (Å²) < 4.78 is 0. The Labute approximate surface area is 264 Å². The van der Waals surface area contributed by atoms with E-state index in [0.29, 0.717) is 12.8 Å². The van der Waals surface area contributed by atoms with Crippen LogP contribution in [0.2, 0.25) is 0 Å². The summed E-state index contributed by atoms with van der Waals surface area (Å²) in [6, 6.07) is 0.182. The topological polar surface area (TPSA) is 89.3 Å². The largest absolute Gasteiger partial charge is 0.480 e. The van der Waals surface area contributed by atoms with E-state index in [1.165, 1.54) is 167 Å². The Kier molecular flexibility index (Phi) is 31.3. The molecule has 0 rings (SSSR count). The molecule has 0 saturated carbocycles. The number of aliphatic carboxylic acids is 1. The van der Waals surface area contributed by atoms with Gasteiger partial charge >= 0.3 is 5.97 Å². The molecular weight excluding hydrogens is 516 g/mol. The zero-order chi connectivity index (χ0) is 31.0. The zero-order valence-electron chi connectivity index (χ0n) is 28.9. The first kappa shape index (κ1) is 41.4. The molecule has 0 aliphatic heterocycles. The minimum atomic E-state index is -1.08. The van der Waals surface area contributed by atoms with Crippen molar-refractivity contribution in [1.29, 1.82) is 0 Å². The molecule has 4 heteroatoms. The molecule has 252 valence electrons. The van der Waals surface area contributed by atoms with E-state index in [-0.39, 0.29) is 6.04 Å². The molecule has 2 atom stereocenters. The molecule has 0 aromatic rings. The molecule has 0 bridgehead atoms. The van der Waals surface area contributed by atoms with Crippen molar-refractivity contribution in [3.05, 3.63) is 0 Å². The predicted molar refractivity (Wildman–Crippen MR) is 186 cm³/mol. The lowest BCUT2D eigenvalue weighted by Gasteiger charge is -2.25. The van der Waals surface area contributed by atoms with Crippen LogP contribution in [0.25, 0.3) is 0 Å². The summed E-state index contributed by atoms with van der Waals surface area (Å²) in [6.07, 6.45) is 41.5. The predicted octanol–water partition coefficient (Wildman–Crippen LogP) is 12.0. The van der Waals surface area contributed by atoms with Crippen molar-refractivity contribution >= 4 is 5.97 Å². The molecule has 0 heterocycles. The van der Waals surface area contributed by atoms with E-state index in [4.69, 9.17) is 11.5 Å². The Morgan fingerprint density at radius 3 is 1.07 bits per heavy atom. The number of hydrogen-bond donors (Lipinski definition) is 3. The number of rotatable bonds is 35. The van der Waals surface area contributed by atoms with Crippen LogP contribution in [0.4, 0.5) is 0 Å². The Hall–Kier alpha value is -0.610. The fourth-order valence-corrected chi connectivity index (χ4v) is 6.40. The van der Waals surface area contributed by atoms with Crippen molar-refractivity contribution in [3.8, 4) is 0 Å². The SMILES string of the molecule is CCCCCCCCCCCCCCCCC(N)CCC[C@@](N)(CCCCCCCCCCCCCCCC)C(=O)O. The van der Waals surface area contributed by atoms with Crippen molar-refractivity contribution in [3.63, 3.8) is 0 Å². The number of carbonyl (C=O) groups is 1. The number of carboxylic acids is 1.